The Morgan fingerprint density at radius 1 is 0.535 bits per heavy atom. The first kappa shape index (κ1) is 25.0. The third-order valence-electron chi connectivity index (χ3n) is 8.42. The second-order valence-corrected chi connectivity index (χ2v) is 11.0. The molecule has 0 amide bonds. The Morgan fingerprint density at radius 3 is 1.81 bits per heavy atom. The first-order valence-corrected chi connectivity index (χ1v) is 14.5. The molecule has 0 radical (unpaired) electrons. The van der Waals surface area contributed by atoms with Crippen molar-refractivity contribution in [1.29, 1.82) is 5.41 Å². The molecule has 0 saturated heterocycles. The Labute approximate surface area is 249 Å². The number of benzene rings is 7. The highest BCUT2D eigenvalue weighted by Crippen LogP contribution is 2.40. The lowest BCUT2D eigenvalue weighted by Crippen LogP contribution is -2.00. The smallest absolute Gasteiger partial charge is 0.136 e. The van der Waals surface area contributed by atoms with Crippen molar-refractivity contribution in [1.82, 2.24) is 0 Å². The zero-order valence-electron chi connectivity index (χ0n) is 23.5. The van der Waals surface area contributed by atoms with Gasteiger partial charge in [-0.25, -0.2) is 0 Å². The number of hydrogen-bond donors (Lipinski definition) is 1. The van der Waals surface area contributed by atoms with Crippen LogP contribution in [0.25, 0.3) is 71.0 Å². The molecule has 202 valence electrons. The maximum atomic E-state index is 9.25. The monoisotopic (exact) mass is 549 g/mol. The van der Waals surface area contributed by atoms with Crippen LogP contribution < -0.4 is 0 Å². The summed E-state index contributed by atoms with van der Waals surface area (Å²) < 4.78 is 6.28. The largest absolute Gasteiger partial charge is 0.456 e. The van der Waals surface area contributed by atoms with Crippen LogP contribution >= 0.6 is 0 Å². The maximum absolute atomic E-state index is 9.25. The molecule has 1 aromatic heterocycles. The summed E-state index contributed by atoms with van der Waals surface area (Å²) in [4.78, 5) is 0. The molecule has 8 rings (SSSR count). The molecule has 7 aromatic carbocycles. The van der Waals surface area contributed by atoms with Crippen LogP contribution in [-0.2, 0) is 0 Å². The van der Waals surface area contributed by atoms with E-state index in [1.54, 1.807) is 0 Å². The van der Waals surface area contributed by atoms with Gasteiger partial charge in [-0.3, -0.25) is 0 Å². The molecule has 0 bridgehead atoms. The van der Waals surface area contributed by atoms with Crippen molar-refractivity contribution in [3.63, 3.8) is 0 Å². The van der Waals surface area contributed by atoms with Crippen molar-refractivity contribution in [2.45, 2.75) is 0 Å². The van der Waals surface area contributed by atoms with E-state index in [0.717, 1.165) is 65.6 Å². The predicted octanol–water partition coefficient (Wildman–Crippen LogP) is 11.4. The van der Waals surface area contributed by atoms with Gasteiger partial charge in [-0.2, -0.15) is 0 Å². The number of furan rings is 1. The molecule has 0 atom stereocenters. The topological polar surface area (TPSA) is 37.0 Å². The lowest BCUT2D eigenvalue weighted by Gasteiger charge is -2.17. The molecule has 0 aliphatic rings. The lowest BCUT2D eigenvalue weighted by molar-refractivity contribution is 0.669. The third kappa shape index (κ3) is 4.15. The lowest BCUT2D eigenvalue weighted by atomic mass is 9.86. The van der Waals surface area contributed by atoms with Gasteiger partial charge in [0.2, 0.25) is 0 Å². The fourth-order valence-electron chi connectivity index (χ4n) is 6.36. The van der Waals surface area contributed by atoms with E-state index in [1.165, 1.54) is 16.5 Å². The Morgan fingerprint density at radius 2 is 1.12 bits per heavy atom. The zero-order chi connectivity index (χ0) is 28.9. The molecule has 2 heteroatoms. The second-order valence-electron chi connectivity index (χ2n) is 11.0. The van der Waals surface area contributed by atoms with Gasteiger partial charge in [0.1, 0.15) is 11.2 Å². The van der Waals surface area contributed by atoms with Gasteiger partial charge in [-0.05, 0) is 84.9 Å². The van der Waals surface area contributed by atoms with Gasteiger partial charge in [0.15, 0.2) is 0 Å². The van der Waals surface area contributed by atoms with Gasteiger partial charge in [0.05, 0.1) is 5.71 Å². The van der Waals surface area contributed by atoms with E-state index in [0.29, 0.717) is 5.71 Å². The Bertz CT molecular complexity index is 2370. The maximum Gasteiger partial charge on any atom is 0.136 e. The van der Waals surface area contributed by atoms with Crippen molar-refractivity contribution in [3.05, 3.63) is 163 Å². The van der Waals surface area contributed by atoms with Crippen LogP contribution in [-0.4, -0.2) is 5.71 Å². The van der Waals surface area contributed by atoms with Crippen LogP contribution in [0.4, 0.5) is 0 Å². The average Bonchev–Trinajstić information content (AvgIpc) is 3.41. The van der Waals surface area contributed by atoms with Crippen LogP contribution in [0.2, 0.25) is 0 Å². The van der Waals surface area contributed by atoms with E-state index in [4.69, 9.17) is 4.42 Å². The van der Waals surface area contributed by atoms with E-state index in [1.807, 2.05) is 24.3 Å². The summed E-state index contributed by atoms with van der Waals surface area (Å²) in [6.07, 6.45) is 3.81. The molecule has 0 aliphatic heterocycles. The fraction of sp³-hybridized carbons (Fsp3) is 0. The normalized spacial score (nSPS) is 11.8. The molecule has 1 N–H and O–H groups in total. The first-order valence-electron chi connectivity index (χ1n) is 14.5. The minimum atomic E-state index is 0.449. The molecule has 1 heterocycles. The average molecular weight is 550 g/mol. The number of hydrogen-bond acceptors (Lipinski definition) is 2. The van der Waals surface area contributed by atoms with Gasteiger partial charge in [0.25, 0.3) is 0 Å². The van der Waals surface area contributed by atoms with Crippen LogP contribution in [0.3, 0.4) is 0 Å². The van der Waals surface area contributed by atoms with Gasteiger partial charge >= 0.3 is 0 Å². The molecular formula is C41H27NO. The Balaban J connectivity index is 1.19. The van der Waals surface area contributed by atoms with Crippen molar-refractivity contribution >= 4 is 65.5 Å². The molecule has 43 heavy (non-hydrogen) atoms. The van der Waals surface area contributed by atoms with E-state index in [2.05, 4.69) is 128 Å². The third-order valence-corrected chi connectivity index (χ3v) is 8.42. The number of fused-ring (bicyclic) bond motifs is 6. The van der Waals surface area contributed by atoms with E-state index >= 15 is 0 Å². The Kier molecular flexibility index (Phi) is 5.80. The first-order chi connectivity index (χ1) is 21.2. The van der Waals surface area contributed by atoms with Gasteiger partial charge in [0, 0.05) is 16.3 Å². The highest BCUT2D eigenvalue weighted by molar-refractivity contribution is 6.28. The van der Waals surface area contributed by atoms with Crippen LogP contribution in [0.15, 0.2) is 157 Å². The number of nitrogens with one attached hydrogen (secondary N) is 1. The summed E-state index contributed by atoms with van der Waals surface area (Å²) in [5.41, 5.74) is 7.25. The van der Waals surface area contributed by atoms with Crippen LogP contribution in [0.1, 0.15) is 11.1 Å². The number of allylic oxidation sites excluding steroid dienone is 3. The van der Waals surface area contributed by atoms with Crippen molar-refractivity contribution in [2.24, 2.45) is 0 Å². The Hall–Kier alpha value is -5.73. The van der Waals surface area contributed by atoms with Crippen molar-refractivity contribution in [2.75, 3.05) is 0 Å². The van der Waals surface area contributed by atoms with Crippen LogP contribution in [0.5, 0.6) is 0 Å². The number of rotatable bonds is 5. The predicted molar refractivity (Wildman–Crippen MR) is 183 cm³/mol. The summed E-state index contributed by atoms with van der Waals surface area (Å²) in [7, 11) is 0. The van der Waals surface area contributed by atoms with Crippen molar-refractivity contribution < 1.29 is 4.42 Å². The molecular weight excluding hydrogens is 522 g/mol. The second kappa shape index (κ2) is 9.97. The quantitative estimate of drug-likeness (QED) is 0.129. The van der Waals surface area contributed by atoms with Crippen LogP contribution in [0, 0.1) is 5.41 Å². The highest BCUT2D eigenvalue weighted by Gasteiger charge is 2.17. The summed E-state index contributed by atoms with van der Waals surface area (Å²) in [6, 6.07) is 46.2. The molecule has 0 fully saturated rings. The molecule has 0 unspecified atom stereocenters. The van der Waals surface area contributed by atoms with Gasteiger partial charge < -0.3 is 9.83 Å². The highest BCUT2D eigenvalue weighted by atomic mass is 16.3. The van der Waals surface area contributed by atoms with E-state index in [9.17, 15) is 5.41 Å². The SMILES string of the molecule is C=C(/C=C\C(=N)c1c2ccccc2c(-c2ccccc2)c2ccccc12)c1ccc2c(c1)oc1cc3ccccc3cc12. The van der Waals surface area contributed by atoms with Gasteiger partial charge in [-0.15, -0.1) is 0 Å². The standard InChI is InChI=1S/C41H27NO/c1-26(28-20-21-31-36-23-29-13-5-6-14-30(29)25-39(36)43-38(31)24-28)19-22-37(42)41-34-17-9-7-15-32(34)40(27-11-3-2-4-12-27)33-16-8-10-18-35(33)41/h2-25,42H,1H2/b22-19-,42-37?. The fourth-order valence-corrected chi connectivity index (χ4v) is 6.36. The van der Waals surface area contributed by atoms with E-state index < -0.39 is 0 Å². The summed E-state index contributed by atoms with van der Waals surface area (Å²) in [6.45, 7) is 4.35. The molecule has 0 aliphatic carbocycles. The zero-order valence-corrected chi connectivity index (χ0v) is 23.5. The molecule has 0 saturated carbocycles. The van der Waals surface area contributed by atoms with E-state index in [-0.39, 0.29) is 0 Å². The molecule has 0 spiro atoms. The molecule has 8 aromatic rings. The van der Waals surface area contributed by atoms with Gasteiger partial charge in [-0.1, -0.05) is 122 Å². The minimum absolute atomic E-state index is 0.449. The summed E-state index contributed by atoms with van der Waals surface area (Å²) in [5, 5.41) is 18.2. The summed E-state index contributed by atoms with van der Waals surface area (Å²) >= 11 is 0. The minimum Gasteiger partial charge on any atom is -0.456 e. The summed E-state index contributed by atoms with van der Waals surface area (Å²) in [5.74, 6) is 0. The van der Waals surface area contributed by atoms with Crippen molar-refractivity contribution in [3.8, 4) is 11.1 Å². The molecule has 2 nitrogen and oxygen atoms in total.